The molecule has 1 fully saturated rings. The summed E-state index contributed by atoms with van der Waals surface area (Å²) in [5, 5.41) is 1.15. The van der Waals surface area contributed by atoms with E-state index in [9.17, 15) is 0 Å². The average molecular weight is 193 g/mol. The van der Waals surface area contributed by atoms with Crippen molar-refractivity contribution in [2.24, 2.45) is 5.92 Å². The number of rotatable bonds is 1. The Morgan fingerprint density at radius 1 is 1.33 bits per heavy atom. The first-order valence-corrected chi connectivity index (χ1v) is 4.69. The zero-order valence-electron chi connectivity index (χ0n) is 5.61. The second-order valence-corrected chi connectivity index (χ2v) is 3.21. The van der Waals surface area contributed by atoms with Crippen LogP contribution < -0.4 is 0 Å². The zero-order chi connectivity index (χ0) is 6.53. The lowest BCUT2D eigenvalue weighted by Gasteiger charge is -2.06. The summed E-state index contributed by atoms with van der Waals surface area (Å²) < 4.78 is 5.31. The Labute approximate surface area is 64.9 Å². The maximum Gasteiger partial charge on any atom is 0.0468 e. The van der Waals surface area contributed by atoms with E-state index in [1.165, 1.54) is 19.3 Å². The van der Waals surface area contributed by atoms with Gasteiger partial charge in [0.2, 0.25) is 0 Å². The van der Waals surface area contributed by atoms with Crippen LogP contribution in [0.5, 0.6) is 0 Å². The molecule has 1 nitrogen and oxygen atoms in total. The van der Waals surface area contributed by atoms with Crippen LogP contribution in [-0.2, 0) is 4.74 Å². The Bertz CT molecular complexity index is 67.3. The van der Waals surface area contributed by atoms with Crippen molar-refractivity contribution in [3.8, 4) is 0 Å². The van der Waals surface area contributed by atoms with Crippen molar-refractivity contribution in [2.75, 3.05) is 18.5 Å². The summed E-state index contributed by atoms with van der Waals surface area (Å²) in [6.45, 7) is 1.94. The molecular weight excluding hydrogens is 180 g/mol. The molecule has 0 N–H and O–H groups in total. The van der Waals surface area contributed by atoms with Gasteiger partial charge in [0.25, 0.3) is 0 Å². The molecule has 0 radical (unpaired) electrons. The van der Waals surface area contributed by atoms with E-state index in [2.05, 4.69) is 15.9 Å². The van der Waals surface area contributed by atoms with Crippen LogP contribution >= 0.6 is 15.9 Å². The van der Waals surface area contributed by atoms with Crippen LogP contribution in [0, 0.1) is 5.92 Å². The molecule has 9 heavy (non-hydrogen) atoms. The minimum atomic E-state index is 0.868. The fourth-order valence-corrected chi connectivity index (χ4v) is 1.77. The zero-order valence-corrected chi connectivity index (χ0v) is 7.19. The molecule has 2 heteroatoms. The summed E-state index contributed by atoms with van der Waals surface area (Å²) in [6.07, 6.45) is 3.83. The lowest BCUT2D eigenvalue weighted by atomic mass is 10.0. The Kier molecular flexibility index (Phi) is 3.59. The van der Waals surface area contributed by atoms with Gasteiger partial charge in [-0.25, -0.2) is 0 Å². The molecule has 54 valence electrons. The van der Waals surface area contributed by atoms with E-state index < -0.39 is 0 Å². The number of hydrogen-bond acceptors (Lipinski definition) is 1. The highest BCUT2D eigenvalue weighted by Crippen LogP contribution is 2.17. The maximum atomic E-state index is 5.31. The third kappa shape index (κ3) is 2.67. The SMILES string of the molecule is BrCC1CCCOCC1. The molecule has 0 aliphatic carbocycles. The number of hydrogen-bond donors (Lipinski definition) is 0. The van der Waals surface area contributed by atoms with E-state index >= 15 is 0 Å². The highest BCUT2D eigenvalue weighted by Gasteiger charge is 2.09. The fraction of sp³-hybridized carbons (Fsp3) is 1.00. The molecule has 0 aromatic carbocycles. The minimum absolute atomic E-state index is 0.868. The molecule has 1 rings (SSSR count). The first-order chi connectivity index (χ1) is 4.43. The molecule has 0 spiro atoms. The van der Waals surface area contributed by atoms with Crippen molar-refractivity contribution in [2.45, 2.75) is 19.3 Å². The Hall–Kier alpha value is 0.440. The second-order valence-electron chi connectivity index (χ2n) is 2.56. The predicted molar refractivity (Wildman–Crippen MR) is 42.0 cm³/mol. The highest BCUT2D eigenvalue weighted by molar-refractivity contribution is 9.09. The topological polar surface area (TPSA) is 9.23 Å². The van der Waals surface area contributed by atoms with Gasteiger partial charge in [-0.1, -0.05) is 15.9 Å². The smallest absolute Gasteiger partial charge is 0.0468 e. The van der Waals surface area contributed by atoms with Crippen molar-refractivity contribution in [1.29, 1.82) is 0 Å². The van der Waals surface area contributed by atoms with Crippen molar-refractivity contribution in [1.82, 2.24) is 0 Å². The molecule has 1 atom stereocenters. The summed E-state index contributed by atoms with van der Waals surface area (Å²) in [7, 11) is 0. The first kappa shape index (κ1) is 7.55. The third-order valence-corrected chi connectivity index (χ3v) is 2.71. The van der Waals surface area contributed by atoms with Crippen molar-refractivity contribution < 1.29 is 4.74 Å². The van der Waals surface area contributed by atoms with E-state index in [-0.39, 0.29) is 0 Å². The summed E-state index contributed by atoms with van der Waals surface area (Å²) in [5.74, 6) is 0.868. The maximum absolute atomic E-state index is 5.31. The van der Waals surface area contributed by atoms with Gasteiger partial charge < -0.3 is 4.74 Å². The van der Waals surface area contributed by atoms with E-state index in [4.69, 9.17) is 4.74 Å². The van der Waals surface area contributed by atoms with Gasteiger partial charge in [0.1, 0.15) is 0 Å². The molecule has 0 aromatic heterocycles. The van der Waals surface area contributed by atoms with Crippen LogP contribution in [0.3, 0.4) is 0 Å². The fourth-order valence-electron chi connectivity index (χ4n) is 1.12. The van der Waals surface area contributed by atoms with Crippen molar-refractivity contribution in [3.05, 3.63) is 0 Å². The molecule has 1 aliphatic heterocycles. The Morgan fingerprint density at radius 2 is 2.22 bits per heavy atom. The van der Waals surface area contributed by atoms with Crippen LogP contribution in [-0.4, -0.2) is 18.5 Å². The summed E-state index contributed by atoms with van der Waals surface area (Å²) in [4.78, 5) is 0. The van der Waals surface area contributed by atoms with Gasteiger partial charge in [-0.3, -0.25) is 0 Å². The lowest BCUT2D eigenvalue weighted by molar-refractivity contribution is 0.142. The van der Waals surface area contributed by atoms with Gasteiger partial charge in [-0.2, -0.15) is 0 Å². The van der Waals surface area contributed by atoms with Crippen LogP contribution in [0.15, 0.2) is 0 Å². The number of halogens is 1. The summed E-state index contributed by atoms with van der Waals surface area (Å²) in [6, 6.07) is 0. The molecule has 1 heterocycles. The highest BCUT2D eigenvalue weighted by atomic mass is 79.9. The molecule has 1 aliphatic rings. The van der Waals surface area contributed by atoms with Crippen LogP contribution in [0.4, 0.5) is 0 Å². The normalized spacial score (nSPS) is 29.7. The molecule has 0 bridgehead atoms. The Morgan fingerprint density at radius 3 is 3.00 bits per heavy atom. The summed E-state index contributed by atoms with van der Waals surface area (Å²) >= 11 is 3.49. The quantitative estimate of drug-likeness (QED) is 0.580. The average Bonchev–Trinajstić information content (AvgIpc) is 2.13. The number of alkyl halides is 1. The van der Waals surface area contributed by atoms with Gasteiger partial charge >= 0.3 is 0 Å². The lowest BCUT2D eigenvalue weighted by Crippen LogP contribution is -2.01. The van der Waals surface area contributed by atoms with E-state index in [1.807, 2.05) is 0 Å². The molecule has 0 amide bonds. The van der Waals surface area contributed by atoms with Gasteiger partial charge in [0.05, 0.1) is 0 Å². The molecular formula is C7H13BrO. The first-order valence-electron chi connectivity index (χ1n) is 3.57. The van der Waals surface area contributed by atoms with Crippen LogP contribution in [0.25, 0.3) is 0 Å². The number of ether oxygens (including phenoxy) is 1. The molecule has 0 saturated carbocycles. The molecule has 1 saturated heterocycles. The monoisotopic (exact) mass is 192 g/mol. The van der Waals surface area contributed by atoms with Gasteiger partial charge in [0.15, 0.2) is 0 Å². The predicted octanol–water partition coefficient (Wildman–Crippen LogP) is 2.20. The Balaban J connectivity index is 2.18. The van der Waals surface area contributed by atoms with Crippen LogP contribution in [0.2, 0.25) is 0 Å². The molecule has 1 unspecified atom stereocenters. The standard InChI is InChI=1S/C7H13BrO/c8-6-7-2-1-4-9-5-3-7/h7H,1-6H2. The minimum Gasteiger partial charge on any atom is -0.381 e. The van der Waals surface area contributed by atoms with Crippen molar-refractivity contribution in [3.63, 3.8) is 0 Å². The van der Waals surface area contributed by atoms with E-state index in [1.54, 1.807) is 0 Å². The van der Waals surface area contributed by atoms with Gasteiger partial charge in [-0.15, -0.1) is 0 Å². The van der Waals surface area contributed by atoms with E-state index in [0.29, 0.717) is 0 Å². The van der Waals surface area contributed by atoms with Crippen LogP contribution in [0.1, 0.15) is 19.3 Å². The van der Waals surface area contributed by atoms with Crippen molar-refractivity contribution >= 4 is 15.9 Å². The third-order valence-electron chi connectivity index (χ3n) is 1.79. The molecule has 0 aromatic rings. The van der Waals surface area contributed by atoms with Gasteiger partial charge in [0, 0.05) is 18.5 Å². The largest absolute Gasteiger partial charge is 0.381 e. The van der Waals surface area contributed by atoms with Gasteiger partial charge in [-0.05, 0) is 25.2 Å². The summed E-state index contributed by atoms with van der Waals surface area (Å²) in [5.41, 5.74) is 0. The second kappa shape index (κ2) is 4.29. The van der Waals surface area contributed by atoms with E-state index in [0.717, 1.165) is 24.5 Å².